The van der Waals surface area contributed by atoms with Crippen molar-refractivity contribution < 1.29 is 8.42 Å². The lowest BCUT2D eigenvalue weighted by Crippen LogP contribution is -2.37. The zero-order valence-corrected chi connectivity index (χ0v) is 13.9. The first-order valence-corrected chi connectivity index (χ1v) is 9.36. The monoisotopic (exact) mass is 314 g/mol. The van der Waals surface area contributed by atoms with E-state index in [9.17, 15) is 8.42 Å². The van der Waals surface area contributed by atoms with E-state index in [2.05, 4.69) is 5.32 Å². The molecule has 1 heterocycles. The van der Waals surface area contributed by atoms with Gasteiger partial charge in [0.25, 0.3) is 0 Å². The number of hydrogen-bond acceptors (Lipinski definition) is 4. The van der Waals surface area contributed by atoms with Gasteiger partial charge >= 0.3 is 0 Å². The van der Waals surface area contributed by atoms with Crippen LogP contribution in [0.2, 0.25) is 0 Å². The number of hydrogen-bond donors (Lipinski definition) is 1. The molecule has 4 nitrogen and oxygen atoms in total. The van der Waals surface area contributed by atoms with E-state index in [0.717, 1.165) is 29.1 Å². The van der Waals surface area contributed by atoms with Crippen molar-refractivity contribution in [1.82, 2.24) is 9.62 Å². The van der Waals surface area contributed by atoms with Crippen LogP contribution in [0.5, 0.6) is 0 Å². The average molecular weight is 314 g/mol. The Labute approximate surface area is 126 Å². The molecule has 1 atom stereocenters. The van der Waals surface area contributed by atoms with Gasteiger partial charge in [0, 0.05) is 25.4 Å². The molecule has 1 unspecified atom stereocenters. The standard InChI is InChI=1S/C14H22N2O2S2/c1-11-4-5-12(9-15-2)8-14(11)20(17,18)16(3)13-6-7-19-10-13/h4-5,8,13,15H,6-7,9-10H2,1-3H3. The lowest BCUT2D eigenvalue weighted by atomic mass is 10.1. The van der Waals surface area contributed by atoms with Crippen LogP contribution in [0.3, 0.4) is 0 Å². The van der Waals surface area contributed by atoms with Gasteiger partial charge in [0.15, 0.2) is 0 Å². The minimum absolute atomic E-state index is 0.123. The van der Waals surface area contributed by atoms with Gasteiger partial charge < -0.3 is 5.32 Å². The molecule has 0 amide bonds. The lowest BCUT2D eigenvalue weighted by molar-refractivity contribution is 0.394. The maximum atomic E-state index is 12.8. The van der Waals surface area contributed by atoms with E-state index in [4.69, 9.17) is 0 Å². The van der Waals surface area contributed by atoms with Crippen molar-refractivity contribution in [2.45, 2.75) is 30.8 Å². The summed E-state index contributed by atoms with van der Waals surface area (Å²) in [6, 6.07) is 5.77. The highest BCUT2D eigenvalue weighted by molar-refractivity contribution is 7.99. The first kappa shape index (κ1) is 15.8. The van der Waals surface area contributed by atoms with Gasteiger partial charge in [0.2, 0.25) is 10.0 Å². The average Bonchev–Trinajstić information content (AvgIpc) is 2.94. The molecule has 6 heteroatoms. The highest BCUT2D eigenvalue weighted by atomic mass is 32.2. The maximum Gasteiger partial charge on any atom is 0.243 e. The minimum atomic E-state index is -3.40. The topological polar surface area (TPSA) is 49.4 Å². The molecule has 112 valence electrons. The van der Waals surface area contributed by atoms with Gasteiger partial charge in [-0.2, -0.15) is 16.1 Å². The predicted molar refractivity (Wildman–Crippen MR) is 84.6 cm³/mol. The number of benzene rings is 1. The number of nitrogens with zero attached hydrogens (tertiary/aromatic N) is 1. The van der Waals surface area contributed by atoms with Crippen LogP contribution in [0.1, 0.15) is 17.5 Å². The van der Waals surface area contributed by atoms with E-state index in [1.54, 1.807) is 17.4 Å². The summed E-state index contributed by atoms with van der Waals surface area (Å²) in [7, 11) is 0.160. The number of rotatable bonds is 5. The first-order chi connectivity index (χ1) is 9.46. The molecule has 1 aromatic carbocycles. The van der Waals surface area contributed by atoms with Gasteiger partial charge in [-0.1, -0.05) is 12.1 Å². The molecule has 0 radical (unpaired) electrons. The molecule has 1 aromatic rings. The minimum Gasteiger partial charge on any atom is -0.316 e. The van der Waals surface area contributed by atoms with E-state index in [1.165, 1.54) is 0 Å². The van der Waals surface area contributed by atoms with Crippen LogP contribution in [0.25, 0.3) is 0 Å². The number of thioether (sulfide) groups is 1. The summed E-state index contributed by atoms with van der Waals surface area (Å²) in [6.07, 6.45) is 0.940. The van der Waals surface area contributed by atoms with Crippen LogP contribution < -0.4 is 5.32 Å². The molecule has 20 heavy (non-hydrogen) atoms. The molecular weight excluding hydrogens is 292 g/mol. The molecule has 0 aliphatic carbocycles. The smallest absolute Gasteiger partial charge is 0.243 e. The van der Waals surface area contributed by atoms with Crippen molar-refractivity contribution in [1.29, 1.82) is 0 Å². The van der Waals surface area contributed by atoms with Gasteiger partial charge in [-0.3, -0.25) is 0 Å². The summed E-state index contributed by atoms with van der Waals surface area (Å²) in [5.41, 5.74) is 1.80. The SMILES string of the molecule is CNCc1ccc(C)c(S(=O)(=O)N(C)C2CCSC2)c1. The lowest BCUT2D eigenvalue weighted by Gasteiger charge is -2.24. The van der Waals surface area contributed by atoms with Crippen molar-refractivity contribution >= 4 is 21.8 Å². The molecule has 1 N–H and O–H groups in total. The van der Waals surface area contributed by atoms with Crippen LogP contribution in [-0.4, -0.2) is 44.4 Å². The Hall–Kier alpha value is -0.560. The summed E-state index contributed by atoms with van der Waals surface area (Å²) in [4.78, 5) is 0.435. The van der Waals surface area contributed by atoms with Crippen molar-refractivity contribution in [3.63, 3.8) is 0 Å². The van der Waals surface area contributed by atoms with Gasteiger partial charge in [0.05, 0.1) is 4.90 Å². The number of sulfonamides is 1. The van der Waals surface area contributed by atoms with Crippen LogP contribution in [-0.2, 0) is 16.6 Å². The fourth-order valence-electron chi connectivity index (χ4n) is 2.40. The molecule has 1 saturated heterocycles. The summed E-state index contributed by atoms with van der Waals surface area (Å²) in [5, 5.41) is 3.05. The summed E-state index contributed by atoms with van der Waals surface area (Å²) in [6.45, 7) is 2.53. The summed E-state index contributed by atoms with van der Waals surface area (Å²) >= 11 is 1.82. The first-order valence-electron chi connectivity index (χ1n) is 6.76. The summed E-state index contributed by atoms with van der Waals surface area (Å²) < 4.78 is 27.1. The zero-order chi connectivity index (χ0) is 14.8. The molecule has 2 rings (SSSR count). The van der Waals surface area contributed by atoms with Crippen LogP contribution in [0.15, 0.2) is 23.1 Å². The van der Waals surface area contributed by atoms with Gasteiger partial charge in [0.1, 0.15) is 0 Å². The molecular formula is C14H22N2O2S2. The molecule has 1 aliphatic heterocycles. The Morgan fingerprint density at radius 3 is 2.80 bits per heavy atom. The molecule has 0 bridgehead atoms. The zero-order valence-electron chi connectivity index (χ0n) is 12.2. The Morgan fingerprint density at radius 2 is 2.20 bits per heavy atom. The Kier molecular flexibility index (Phi) is 5.12. The molecule has 1 aliphatic rings. The van der Waals surface area contributed by atoms with E-state index >= 15 is 0 Å². The molecule has 0 spiro atoms. The second kappa shape index (κ2) is 6.47. The summed E-state index contributed by atoms with van der Waals surface area (Å²) in [5.74, 6) is 1.94. The van der Waals surface area contributed by atoms with Crippen molar-refractivity contribution in [2.75, 3.05) is 25.6 Å². The highest BCUT2D eigenvalue weighted by Gasteiger charge is 2.31. The van der Waals surface area contributed by atoms with E-state index in [-0.39, 0.29) is 6.04 Å². The Balaban J connectivity index is 2.34. The largest absolute Gasteiger partial charge is 0.316 e. The van der Waals surface area contributed by atoms with Gasteiger partial charge in [-0.05, 0) is 43.3 Å². The fraction of sp³-hybridized carbons (Fsp3) is 0.571. The fourth-order valence-corrected chi connectivity index (χ4v) is 5.42. The number of aryl methyl sites for hydroxylation is 1. The van der Waals surface area contributed by atoms with Crippen LogP contribution in [0.4, 0.5) is 0 Å². The van der Waals surface area contributed by atoms with E-state index in [1.807, 2.05) is 37.9 Å². The predicted octanol–water partition coefficient (Wildman–Crippen LogP) is 1.84. The van der Waals surface area contributed by atoms with Crippen molar-refractivity contribution in [2.24, 2.45) is 0 Å². The Bertz CT molecular complexity index is 567. The second-order valence-corrected chi connectivity index (χ2v) is 8.28. The quantitative estimate of drug-likeness (QED) is 0.901. The highest BCUT2D eigenvalue weighted by Crippen LogP contribution is 2.28. The maximum absolute atomic E-state index is 12.8. The van der Waals surface area contributed by atoms with Gasteiger partial charge in [-0.15, -0.1) is 0 Å². The third kappa shape index (κ3) is 3.19. The van der Waals surface area contributed by atoms with E-state index in [0.29, 0.717) is 11.4 Å². The third-order valence-electron chi connectivity index (χ3n) is 3.71. The normalized spacial score (nSPS) is 19.7. The van der Waals surface area contributed by atoms with Crippen molar-refractivity contribution in [3.05, 3.63) is 29.3 Å². The van der Waals surface area contributed by atoms with Gasteiger partial charge in [-0.25, -0.2) is 8.42 Å². The molecule has 0 saturated carbocycles. The molecule has 0 aromatic heterocycles. The van der Waals surface area contributed by atoms with Crippen LogP contribution >= 0.6 is 11.8 Å². The second-order valence-electron chi connectivity index (χ2n) is 5.17. The Morgan fingerprint density at radius 1 is 1.45 bits per heavy atom. The molecule has 1 fully saturated rings. The number of nitrogens with one attached hydrogen (secondary N) is 1. The van der Waals surface area contributed by atoms with Crippen molar-refractivity contribution in [3.8, 4) is 0 Å². The third-order valence-corrected chi connectivity index (χ3v) is 6.91. The van der Waals surface area contributed by atoms with Crippen LogP contribution in [0, 0.1) is 6.92 Å². The van der Waals surface area contributed by atoms with E-state index < -0.39 is 10.0 Å².